The summed E-state index contributed by atoms with van der Waals surface area (Å²) in [4.78, 5) is 20.0. The molecule has 0 aliphatic carbocycles. The molecule has 5 heteroatoms. The van der Waals surface area contributed by atoms with Crippen molar-refractivity contribution in [3.63, 3.8) is 0 Å². The van der Waals surface area contributed by atoms with Crippen LogP contribution in [0.4, 0.5) is 5.69 Å². The summed E-state index contributed by atoms with van der Waals surface area (Å²) in [6.07, 6.45) is 5.47. The number of aromatic amines is 1. The number of anilines is 1. The Hall–Kier alpha value is -1.49. The van der Waals surface area contributed by atoms with Crippen LogP contribution in [0.15, 0.2) is 12.3 Å². The number of carbonyl (C=O) groups excluding carboxylic acids is 1. The lowest BCUT2D eigenvalue weighted by Crippen LogP contribution is -2.60. The molecule has 3 N–H and O–H groups in total. The molecule has 3 rings (SSSR count). The Morgan fingerprint density at radius 2 is 2.26 bits per heavy atom. The van der Waals surface area contributed by atoms with Crippen molar-refractivity contribution in [2.45, 2.75) is 38.3 Å². The average Bonchev–Trinajstić information content (AvgIpc) is 2.84. The molecule has 0 saturated carbocycles. The van der Waals surface area contributed by atoms with Crippen LogP contribution in [-0.4, -0.2) is 52.4 Å². The van der Waals surface area contributed by atoms with E-state index in [2.05, 4.69) is 16.8 Å². The Bertz CT molecular complexity index is 470. The number of aromatic nitrogens is 1. The van der Waals surface area contributed by atoms with Crippen LogP contribution in [0.5, 0.6) is 0 Å². The van der Waals surface area contributed by atoms with E-state index in [1.54, 1.807) is 12.3 Å². The van der Waals surface area contributed by atoms with Crippen molar-refractivity contribution in [3.05, 3.63) is 18.0 Å². The molecule has 1 aromatic rings. The van der Waals surface area contributed by atoms with Crippen LogP contribution in [0, 0.1) is 0 Å². The van der Waals surface area contributed by atoms with Gasteiger partial charge in [0, 0.05) is 37.1 Å². The second-order valence-corrected chi connectivity index (χ2v) is 5.80. The van der Waals surface area contributed by atoms with Gasteiger partial charge >= 0.3 is 0 Å². The van der Waals surface area contributed by atoms with Crippen molar-refractivity contribution in [1.29, 1.82) is 0 Å². The van der Waals surface area contributed by atoms with Gasteiger partial charge in [-0.05, 0) is 32.4 Å². The summed E-state index contributed by atoms with van der Waals surface area (Å²) in [6, 6.07) is 2.54. The van der Waals surface area contributed by atoms with E-state index in [1.165, 1.54) is 25.8 Å². The maximum Gasteiger partial charge on any atom is 0.270 e. The Kier molecular flexibility index (Phi) is 3.22. The smallest absolute Gasteiger partial charge is 0.270 e. The monoisotopic (exact) mass is 262 g/mol. The van der Waals surface area contributed by atoms with Gasteiger partial charge < -0.3 is 15.6 Å². The number of carbonyl (C=O) groups is 1. The van der Waals surface area contributed by atoms with Crippen molar-refractivity contribution >= 4 is 11.6 Å². The number of piperazine rings is 1. The lowest BCUT2D eigenvalue weighted by Gasteiger charge is -2.47. The van der Waals surface area contributed by atoms with Gasteiger partial charge in [-0.2, -0.15) is 0 Å². The maximum atomic E-state index is 12.5. The highest BCUT2D eigenvalue weighted by atomic mass is 16.2. The Balaban J connectivity index is 1.75. The Morgan fingerprint density at radius 1 is 1.42 bits per heavy atom. The fraction of sp³-hybridized carbons (Fsp3) is 0.643. The van der Waals surface area contributed by atoms with Crippen LogP contribution in [0.1, 0.15) is 36.7 Å². The van der Waals surface area contributed by atoms with Crippen LogP contribution < -0.4 is 5.73 Å². The van der Waals surface area contributed by atoms with Gasteiger partial charge in [0.25, 0.3) is 5.91 Å². The molecule has 3 heterocycles. The molecular weight excluding hydrogens is 240 g/mol. The molecule has 2 atom stereocenters. The van der Waals surface area contributed by atoms with E-state index in [0.29, 0.717) is 17.4 Å². The summed E-state index contributed by atoms with van der Waals surface area (Å²) >= 11 is 0. The maximum absolute atomic E-state index is 12.5. The third-order valence-electron chi connectivity index (χ3n) is 4.38. The second-order valence-electron chi connectivity index (χ2n) is 5.80. The number of nitrogens with zero attached hydrogens (tertiary/aromatic N) is 2. The molecule has 2 aliphatic heterocycles. The molecule has 0 radical (unpaired) electrons. The van der Waals surface area contributed by atoms with E-state index in [-0.39, 0.29) is 11.9 Å². The zero-order chi connectivity index (χ0) is 13.4. The van der Waals surface area contributed by atoms with Gasteiger partial charge in [-0.25, -0.2) is 0 Å². The molecule has 0 bridgehead atoms. The van der Waals surface area contributed by atoms with Gasteiger partial charge in [0.2, 0.25) is 0 Å². The van der Waals surface area contributed by atoms with Crippen molar-refractivity contribution in [2.75, 3.05) is 25.4 Å². The number of amides is 1. The van der Waals surface area contributed by atoms with Gasteiger partial charge in [-0.15, -0.1) is 0 Å². The lowest BCUT2D eigenvalue weighted by molar-refractivity contribution is 0.0148. The number of nitrogens with one attached hydrogen (secondary N) is 1. The number of hydrogen-bond donors (Lipinski definition) is 2. The molecule has 5 nitrogen and oxygen atoms in total. The number of hydrogen-bond acceptors (Lipinski definition) is 3. The largest absolute Gasteiger partial charge is 0.397 e. The van der Waals surface area contributed by atoms with E-state index >= 15 is 0 Å². The molecule has 1 aromatic heterocycles. The lowest BCUT2D eigenvalue weighted by atomic mass is 9.97. The topological polar surface area (TPSA) is 65.4 Å². The van der Waals surface area contributed by atoms with Gasteiger partial charge in [0.15, 0.2) is 0 Å². The molecule has 1 amide bonds. The zero-order valence-electron chi connectivity index (χ0n) is 11.4. The summed E-state index contributed by atoms with van der Waals surface area (Å²) in [6.45, 7) is 5.16. The SMILES string of the molecule is CC1CN2CCCCC2CN1C(=O)c1cc(N)c[nH]1. The number of rotatable bonds is 1. The Morgan fingerprint density at radius 3 is 3.00 bits per heavy atom. The molecule has 104 valence electrons. The molecule has 0 spiro atoms. The summed E-state index contributed by atoms with van der Waals surface area (Å²) < 4.78 is 0. The van der Waals surface area contributed by atoms with E-state index < -0.39 is 0 Å². The van der Waals surface area contributed by atoms with E-state index in [4.69, 9.17) is 5.73 Å². The first-order valence-corrected chi connectivity index (χ1v) is 7.14. The minimum absolute atomic E-state index is 0.0782. The number of H-pyrrole nitrogens is 1. The van der Waals surface area contributed by atoms with E-state index in [1.807, 2.05) is 4.90 Å². The van der Waals surface area contributed by atoms with Crippen molar-refractivity contribution in [3.8, 4) is 0 Å². The van der Waals surface area contributed by atoms with Crippen LogP contribution in [0.2, 0.25) is 0 Å². The van der Waals surface area contributed by atoms with Crippen molar-refractivity contribution in [2.24, 2.45) is 0 Å². The van der Waals surface area contributed by atoms with Gasteiger partial charge in [0.05, 0.1) is 0 Å². The first-order chi connectivity index (χ1) is 9.15. The fourth-order valence-corrected chi connectivity index (χ4v) is 3.32. The minimum atomic E-state index is 0.0782. The fourth-order valence-electron chi connectivity index (χ4n) is 3.32. The molecule has 2 fully saturated rings. The van der Waals surface area contributed by atoms with E-state index in [0.717, 1.165) is 13.1 Å². The summed E-state index contributed by atoms with van der Waals surface area (Å²) in [5.74, 6) is 0.0782. The molecule has 2 aliphatic rings. The molecule has 0 aromatic carbocycles. The van der Waals surface area contributed by atoms with Crippen molar-refractivity contribution < 1.29 is 4.79 Å². The predicted octanol–water partition coefficient (Wildman–Crippen LogP) is 1.30. The van der Waals surface area contributed by atoms with Crippen LogP contribution >= 0.6 is 0 Å². The average molecular weight is 262 g/mol. The van der Waals surface area contributed by atoms with Gasteiger partial charge in [-0.1, -0.05) is 6.42 Å². The first-order valence-electron chi connectivity index (χ1n) is 7.14. The Labute approximate surface area is 113 Å². The quantitative estimate of drug-likeness (QED) is 0.801. The van der Waals surface area contributed by atoms with Gasteiger partial charge in [0.1, 0.15) is 5.69 Å². The van der Waals surface area contributed by atoms with Crippen LogP contribution in [0.25, 0.3) is 0 Å². The highest BCUT2D eigenvalue weighted by Crippen LogP contribution is 2.25. The molecule has 2 saturated heterocycles. The van der Waals surface area contributed by atoms with Crippen LogP contribution in [0.3, 0.4) is 0 Å². The molecule has 19 heavy (non-hydrogen) atoms. The summed E-state index contributed by atoms with van der Waals surface area (Å²) in [7, 11) is 0. The number of nitrogens with two attached hydrogens (primary N) is 1. The predicted molar refractivity (Wildman–Crippen MR) is 74.9 cm³/mol. The second kappa shape index (κ2) is 4.89. The summed E-state index contributed by atoms with van der Waals surface area (Å²) in [5, 5.41) is 0. The number of piperidine rings is 1. The number of nitrogen functional groups attached to an aromatic ring is 1. The normalized spacial score (nSPS) is 28.2. The highest BCUT2D eigenvalue weighted by molar-refractivity contribution is 5.93. The zero-order valence-corrected chi connectivity index (χ0v) is 11.4. The molecular formula is C14H22N4O. The highest BCUT2D eigenvalue weighted by Gasteiger charge is 2.35. The van der Waals surface area contributed by atoms with E-state index in [9.17, 15) is 4.79 Å². The molecule has 2 unspecified atom stereocenters. The first kappa shape index (κ1) is 12.5. The standard InChI is InChI=1S/C14H22N4O/c1-10-8-17-5-3-2-4-12(17)9-18(10)14(19)13-6-11(15)7-16-13/h6-7,10,12,16H,2-5,8-9,15H2,1H3. The number of fused-ring (bicyclic) bond motifs is 1. The van der Waals surface area contributed by atoms with Crippen LogP contribution in [-0.2, 0) is 0 Å². The van der Waals surface area contributed by atoms with Crippen molar-refractivity contribution in [1.82, 2.24) is 14.8 Å². The third kappa shape index (κ3) is 2.34. The van der Waals surface area contributed by atoms with Gasteiger partial charge in [-0.3, -0.25) is 9.69 Å². The minimum Gasteiger partial charge on any atom is -0.397 e. The summed E-state index contributed by atoms with van der Waals surface area (Å²) in [5.41, 5.74) is 6.90. The third-order valence-corrected chi connectivity index (χ3v) is 4.38.